The Hall–Kier alpha value is -2.47. The Kier molecular flexibility index (Phi) is 4.76. The number of aromatic nitrogens is 2. The number of aliphatic hydroxyl groups is 1. The maximum absolute atomic E-state index is 12.5. The summed E-state index contributed by atoms with van der Waals surface area (Å²) >= 11 is 0. The van der Waals surface area contributed by atoms with E-state index < -0.39 is 0 Å². The molecule has 0 spiro atoms. The molecule has 2 N–H and O–H groups in total. The third-order valence-corrected chi connectivity index (χ3v) is 4.59. The van der Waals surface area contributed by atoms with E-state index in [9.17, 15) is 14.7 Å². The van der Waals surface area contributed by atoms with E-state index in [1.807, 2.05) is 12.1 Å². The van der Waals surface area contributed by atoms with Gasteiger partial charge in [0.15, 0.2) is 0 Å². The first kappa shape index (κ1) is 16.4. The van der Waals surface area contributed by atoms with Crippen molar-refractivity contribution in [1.82, 2.24) is 14.9 Å². The Morgan fingerprint density at radius 1 is 1.33 bits per heavy atom. The van der Waals surface area contributed by atoms with Crippen molar-refractivity contribution in [3.05, 3.63) is 64.3 Å². The molecule has 2 heterocycles. The Bertz CT molecular complexity index is 767. The quantitative estimate of drug-likeness (QED) is 0.854. The molecule has 1 aliphatic carbocycles. The number of amides is 1. The molecule has 3 rings (SSSR count). The van der Waals surface area contributed by atoms with Gasteiger partial charge in [-0.05, 0) is 48.9 Å². The smallest absolute Gasteiger partial charge is 0.253 e. The number of aryl methyl sites for hydroxylation is 1. The summed E-state index contributed by atoms with van der Waals surface area (Å²) in [5.41, 5.74) is 1.40. The minimum atomic E-state index is -0.274. The fourth-order valence-corrected chi connectivity index (χ4v) is 3.05. The van der Waals surface area contributed by atoms with Crippen LogP contribution in [0.3, 0.4) is 0 Å². The van der Waals surface area contributed by atoms with Crippen LogP contribution in [0.5, 0.6) is 0 Å². The molecule has 126 valence electrons. The van der Waals surface area contributed by atoms with E-state index in [2.05, 4.69) is 10.3 Å². The molecule has 1 fully saturated rings. The molecule has 0 aromatic carbocycles. The highest BCUT2D eigenvalue weighted by Crippen LogP contribution is 2.31. The lowest BCUT2D eigenvalue weighted by Gasteiger charge is -2.38. The maximum Gasteiger partial charge on any atom is 0.253 e. The second kappa shape index (κ2) is 6.97. The Labute approximate surface area is 140 Å². The first-order chi connectivity index (χ1) is 11.5. The second-order valence-electron chi connectivity index (χ2n) is 6.39. The molecule has 1 saturated carbocycles. The lowest BCUT2D eigenvalue weighted by Crippen LogP contribution is -2.48. The van der Waals surface area contributed by atoms with Crippen LogP contribution in [0, 0.1) is 5.92 Å². The molecule has 6 heteroatoms. The van der Waals surface area contributed by atoms with Crippen molar-refractivity contribution in [3.8, 4) is 0 Å². The molecule has 2 aromatic rings. The summed E-state index contributed by atoms with van der Waals surface area (Å²) in [5, 5.41) is 12.7. The molecule has 2 aromatic heterocycles. The maximum atomic E-state index is 12.5. The third kappa shape index (κ3) is 3.71. The minimum Gasteiger partial charge on any atom is -0.393 e. The van der Waals surface area contributed by atoms with Gasteiger partial charge in [-0.2, -0.15) is 0 Å². The summed E-state index contributed by atoms with van der Waals surface area (Å²) in [5.74, 6) is 0.0516. The van der Waals surface area contributed by atoms with Crippen LogP contribution < -0.4 is 10.9 Å². The van der Waals surface area contributed by atoms with Gasteiger partial charge in [0.25, 0.3) is 5.91 Å². The molecule has 24 heavy (non-hydrogen) atoms. The number of carbonyl (C=O) groups is 1. The lowest BCUT2D eigenvalue weighted by atomic mass is 9.75. The van der Waals surface area contributed by atoms with Crippen molar-refractivity contribution in [1.29, 1.82) is 0 Å². The van der Waals surface area contributed by atoms with Crippen LogP contribution in [-0.4, -0.2) is 32.7 Å². The molecular weight excluding hydrogens is 306 g/mol. The highest BCUT2D eigenvalue weighted by atomic mass is 16.3. The van der Waals surface area contributed by atoms with Crippen molar-refractivity contribution in [2.24, 2.45) is 13.0 Å². The van der Waals surface area contributed by atoms with Gasteiger partial charge in [-0.1, -0.05) is 0 Å². The van der Waals surface area contributed by atoms with E-state index in [-0.39, 0.29) is 29.5 Å². The molecule has 0 bridgehead atoms. The van der Waals surface area contributed by atoms with Crippen LogP contribution in [-0.2, 0) is 13.5 Å². The first-order valence-electron chi connectivity index (χ1n) is 8.07. The number of nitrogens with one attached hydrogen (secondary N) is 1. The molecular formula is C18H21N3O3. The van der Waals surface area contributed by atoms with Gasteiger partial charge in [0.05, 0.1) is 11.7 Å². The van der Waals surface area contributed by atoms with Crippen molar-refractivity contribution < 1.29 is 9.90 Å². The number of rotatable bonds is 5. The zero-order valence-corrected chi connectivity index (χ0v) is 13.6. The molecule has 0 saturated heterocycles. The van der Waals surface area contributed by atoms with Crippen LogP contribution in [0.2, 0.25) is 0 Å². The summed E-state index contributed by atoms with van der Waals surface area (Å²) in [7, 11) is 1.62. The Morgan fingerprint density at radius 2 is 2.04 bits per heavy atom. The molecule has 0 radical (unpaired) electrons. The number of nitrogens with zero attached hydrogens (tertiary/aromatic N) is 2. The van der Waals surface area contributed by atoms with Gasteiger partial charge in [0.2, 0.25) is 5.56 Å². The molecule has 1 amide bonds. The average molecular weight is 327 g/mol. The van der Waals surface area contributed by atoms with Gasteiger partial charge >= 0.3 is 0 Å². The zero-order valence-electron chi connectivity index (χ0n) is 13.6. The van der Waals surface area contributed by atoms with Crippen molar-refractivity contribution in [2.75, 3.05) is 0 Å². The van der Waals surface area contributed by atoms with E-state index >= 15 is 0 Å². The molecule has 1 aliphatic rings. The predicted molar refractivity (Wildman–Crippen MR) is 89.6 cm³/mol. The summed E-state index contributed by atoms with van der Waals surface area (Å²) < 4.78 is 1.39. The molecule has 6 nitrogen and oxygen atoms in total. The lowest BCUT2D eigenvalue weighted by molar-refractivity contribution is 0.0239. The topological polar surface area (TPSA) is 84.2 Å². The van der Waals surface area contributed by atoms with Crippen molar-refractivity contribution >= 4 is 5.91 Å². The van der Waals surface area contributed by atoms with E-state index in [0.717, 1.165) is 5.56 Å². The van der Waals surface area contributed by atoms with Crippen LogP contribution >= 0.6 is 0 Å². The fourth-order valence-electron chi connectivity index (χ4n) is 3.05. The summed E-state index contributed by atoms with van der Waals surface area (Å²) in [6, 6.07) is 6.73. The Morgan fingerprint density at radius 3 is 2.67 bits per heavy atom. The number of carbonyl (C=O) groups excluding carboxylic acids is 1. The number of aliphatic hydroxyl groups excluding tert-OH is 1. The molecule has 0 unspecified atom stereocenters. The second-order valence-corrected chi connectivity index (χ2v) is 6.39. The normalized spacial score (nSPS) is 20.9. The number of hydrogen-bond donors (Lipinski definition) is 2. The first-order valence-corrected chi connectivity index (χ1v) is 8.07. The van der Waals surface area contributed by atoms with Crippen LogP contribution in [0.4, 0.5) is 0 Å². The summed E-state index contributed by atoms with van der Waals surface area (Å²) in [6.07, 6.45) is 6.82. The molecule has 1 atom stereocenters. The van der Waals surface area contributed by atoms with Gasteiger partial charge in [0.1, 0.15) is 0 Å². The van der Waals surface area contributed by atoms with E-state index in [0.29, 0.717) is 24.8 Å². The Balaban J connectivity index is 1.74. The van der Waals surface area contributed by atoms with Crippen LogP contribution in [0.1, 0.15) is 28.8 Å². The zero-order chi connectivity index (χ0) is 17.1. The third-order valence-electron chi connectivity index (χ3n) is 4.59. The minimum absolute atomic E-state index is 0.0551. The molecule has 0 aliphatic heterocycles. The van der Waals surface area contributed by atoms with Gasteiger partial charge < -0.3 is 15.0 Å². The average Bonchev–Trinajstić information content (AvgIpc) is 2.55. The van der Waals surface area contributed by atoms with E-state index in [1.165, 1.54) is 22.9 Å². The monoisotopic (exact) mass is 327 g/mol. The fraction of sp³-hybridized carbons (Fsp3) is 0.389. The van der Waals surface area contributed by atoms with Crippen LogP contribution in [0.15, 0.2) is 47.7 Å². The SMILES string of the molecule is Cn1cc(C(=O)N[C@H](Cc2ccncc2)C2CC(O)C2)ccc1=O. The van der Waals surface area contributed by atoms with Gasteiger partial charge in [-0.15, -0.1) is 0 Å². The van der Waals surface area contributed by atoms with Crippen molar-refractivity contribution in [3.63, 3.8) is 0 Å². The van der Waals surface area contributed by atoms with Gasteiger partial charge in [0, 0.05) is 37.7 Å². The van der Waals surface area contributed by atoms with Gasteiger partial charge in [-0.25, -0.2) is 0 Å². The largest absolute Gasteiger partial charge is 0.393 e. The summed E-state index contributed by atoms with van der Waals surface area (Å²) in [6.45, 7) is 0. The standard InChI is InChI=1S/C18H21N3O3/c1-21-11-13(2-3-17(21)23)18(24)20-16(14-9-15(22)10-14)8-12-4-6-19-7-5-12/h2-7,11,14-16,22H,8-10H2,1H3,(H,20,24)/t14?,15?,16-/m1/s1. The predicted octanol–water partition coefficient (Wildman–Crippen LogP) is 0.892. The summed E-state index contributed by atoms with van der Waals surface area (Å²) in [4.78, 5) is 28.0. The number of hydrogen-bond acceptors (Lipinski definition) is 4. The van der Waals surface area contributed by atoms with E-state index in [4.69, 9.17) is 0 Å². The number of pyridine rings is 2. The van der Waals surface area contributed by atoms with Gasteiger partial charge in [-0.3, -0.25) is 14.6 Å². The van der Waals surface area contributed by atoms with E-state index in [1.54, 1.807) is 19.4 Å². The van der Waals surface area contributed by atoms with Crippen molar-refractivity contribution in [2.45, 2.75) is 31.4 Å². The van der Waals surface area contributed by atoms with Crippen LogP contribution in [0.25, 0.3) is 0 Å². The highest BCUT2D eigenvalue weighted by Gasteiger charge is 2.34. The highest BCUT2D eigenvalue weighted by molar-refractivity contribution is 5.94.